The maximum Gasteiger partial charge on any atom is 0.250 e. The smallest absolute Gasteiger partial charge is 0.250 e. The van der Waals surface area contributed by atoms with Crippen molar-refractivity contribution < 1.29 is 0 Å². The molecule has 1 N–H and O–H groups in total. The molecule has 0 fully saturated rings. The van der Waals surface area contributed by atoms with Crippen molar-refractivity contribution in [2.24, 2.45) is 7.05 Å². The van der Waals surface area contributed by atoms with Crippen LogP contribution in [0.2, 0.25) is 0 Å². The maximum atomic E-state index is 11.7. The highest BCUT2D eigenvalue weighted by Crippen LogP contribution is 2.42. The van der Waals surface area contributed by atoms with Gasteiger partial charge in [0, 0.05) is 35.5 Å². The second kappa shape index (κ2) is 7.06. The number of nitrogens with one attached hydrogen (secondary N) is 1. The number of pyridine rings is 1. The molecule has 0 amide bonds. The summed E-state index contributed by atoms with van der Waals surface area (Å²) < 4.78 is 5.01. The van der Waals surface area contributed by atoms with Gasteiger partial charge in [0.1, 0.15) is 0 Å². The normalized spacial score (nSPS) is 10.7. The Labute approximate surface area is 144 Å². The molecule has 3 nitrogen and oxygen atoms in total. The highest BCUT2D eigenvalue weighted by molar-refractivity contribution is 8.00. The van der Waals surface area contributed by atoms with Crippen LogP contribution in [-0.4, -0.2) is 10.3 Å². The molecule has 0 aliphatic carbocycles. The van der Waals surface area contributed by atoms with Crippen molar-refractivity contribution in [3.8, 4) is 21.6 Å². The Morgan fingerprint density at radius 3 is 2.61 bits per heavy atom. The fourth-order valence-electron chi connectivity index (χ4n) is 2.36. The molecule has 3 aromatic rings. The summed E-state index contributed by atoms with van der Waals surface area (Å²) in [6.07, 6.45) is 1.90. The van der Waals surface area contributed by atoms with E-state index in [1.807, 2.05) is 30.5 Å². The van der Waals surface area contributed by atoms with Gasteiger partial charge in [-0.1, -0.05) is 49.2 Å². The minimum atomic E-state index is 0.00475. The first-order valence-corrected chi connectivity index (χ1v) is 9.23. The Morgan fingerprint density at radius 2 is 1.91 bits per heavy atom. The first kappa shape index (κ1) is 15.9. The molecule has 0 saturated heterocycles. The van der Waals surface area contributed by atoms with Gasteiger partial charge in [-0.2, -0.15) is 0 Å². The van der Waals surface area contributed by atoms with Gasteiger partial charge in [-0.25, -0.2) is 0 Å². The fourth-order valence-corrected chi connectivity index (χ4v) is 3.98. The SMILES string of the molecule is CCSNc1cc(-c2ccc(=O)n(C)c2)c(-c2ccccc2)s1. The van der Waals surface area contributed by atoms with E-state index in [4.69, 9.17) is 0 Å². The highest BCUT2D eigenvalue weighted by Gasteiger charge is 2.13. The standard InChI is InChI=1S/C18H18N2OS2/c1-3-22-19-16-11-15(14-9-10-17(21)20(2)12-14)18(23-16)13-7-5-4-6-8-13/h4-12,19H,3H2,1-2H3. The Balaban J connectivity index is 2.11. The average Bonchev–Trinajstić information content (AvgIpc) is 3.00. The first-order chi connectivity index (χ1) is 11.2. The molecule has 0 bridgehead atoms. The van der Waals surface area contributed by atoms with E-state index in [0.717, 1.165) is 21.9 Å². The molecule has 1 aromatic carbocycles. The fraction of sp³-hybridized carbons (Fsp3) is 0.167. The monoisotopic (exact) mass is 342 g/mol. The molecule has 0 spiro atoms. The largest absolute Gasteiger partial charge is 0.321 e. The van der Waals surface area contributed by atoms with E-state index in [-0.39, 0.29) is 5.56 Å². The van der Waals surface area contributed by atoms with Crippen LogP contribution in [0.1, 0.15) is 6.92 Å². The quantitative estimate of drug-likeness (QED) is 0.672. The van der Waals surface area contributed by atoms with Crippen LogP contribution in [0, 0.1) is 0 Å². The zero-order valence-corrected chi connectivity index (χ0v) is 14.7. The molecule has 0 atom stereocenters. The van der Waals surface area contributed by atoms with E-state index in [2.05, 4.69) is 29.8 Å². The summed E-state index contributed by atoms with van der Waals surface area (Å²) in [6.45, 7) is 2.12. The van der Waals surface area contributed by atoms with Crippen LogP contribution in [0.4, 0.5) is 5.00 Å². The number of anilines is 1. The van der Waals surface area contributed by atoms with Gasteiger partial charge in [0.25, 0.3) is 0 Å². The lowest BCUT2D eigenvalue weighted by Gasteiger charge is -2.05. The van der Waals surface area contributed by atoms with Crippen LogP contribution in [-0.2, 0) is 7.05 Å². The number of aryl methyl sites for hydroxylation is 1. The first-order valence-electron chi connectivity index (χ1n) is 7.43. The van der Waals surface area contributed by atoms with E-state index < -0.39 is 0 Å². The van der Waals surface area contributed by atoms with Crippen molar-refractivity contribution in [2.75, 3.05) is 10.5 Å². The van der Waals surface area contributed by atoms with E-state index in [0.29, 0.717) is 0 Å². The highest BCUT2D eigenvalue weighted by atomic mass is 32.2. The van der Waals surface area contributed by atoms with Crippen molar-refractivity contribution in [1.82, 2.24) is 4.57 Å². The summed E-state index contributed by atoms with van der Waals surface area (Å²) in [4.78, 5) is 12.9. The Hall–Kier alpha value is -1.98. The van der Waals surface area contributed by atoms with E-state index in [1.54, 1.807) is 41.0 Å². The van der Waals surface area contributed by atoms with Gasteiger partial charge in [-0.15, -0.1) is 11.3 Å². The lowest BCUT2D eigenvalue weighted by atomic mass is 10.0. The minimum Gasteiger partial charge on any atom is -0.321 e. The summed E-state index contributed by atoms with van der Waals surface area (Å²) >= 11 is 3.42. The molecule has 5 heteroatoms. The molecule has 0 aliphatic rings. The molecule has 0 saturated carbocycles. The minimum absolute atomic E-state index is 0.00475. The van der Waals surface area contributed by atoms with Gasteiger partial charge in [0.15, 0.2) is 0 Å². The van der Waals surface area contributed by atoms with Gasteiger partial charge in [-0.3, -0.25) is 4.79 Å². The zero-order chi connectivity index (χ0) is 16.2. The molecule has 3 rings (SSSR count). The van der Waals surface area contributed by atoms with Crippen LogP contribution < -0.4 is 10.3 Å². The van der Waals surface area contributed by atoms with Crippen molar-refractivity contribution >= 4 is 28.3 Å². The van der Waals surface area contributed by atoms with E-state index in [9.17, 15) is 4.79 Å². The third-order valence-corrected chi connectivity index (χ3v) is 5.36. The van der Waals surface area contributed by atoms with Gasteiger partial charge in [-0.05, 0) is 23.3 Å². The van der Waals surface area contributed by atoms with Crippen LogP contribution in [0.25, 0.3) is 21.6 Å². The summed E-state index contributed by atoms with van der Waals surface area (Å²) in [7, 11) is 1.78. The third-order valence-electron chi connectivity index (χ3n) is 3.48. The average molecular weight is 342 g/mol. The molecule has 23 heavy (non-hydrogen) atoms. The molecular formula is C18H18N2OS2. The topological polar surface area (TPSA) is 34.0 Å². The molecular weight excluding hydrogens is 324 g/mol. The summed E-state index contributed by atoms with van der Waals surface area (Å²) in [5.74, 6) is 1.01. The van der Waals surface area contributed by atoms with E-state index in [1.165, 1.54) is 10.4 Å². The van der Waals surface area contributed by atoms with Gasteiger partial charge >= 0.3 is 0 Å². The van der Waals surface area contributed by atoms with Gasteiger partial charge < -0.3 is 9.29 Å². The number of hydrogen-bond acceptors (Lipinski definition) is 4. The molecule has 0 radical (unpaired) electrons. The molecule has 2 aromatic heterocycles. The molecule has 2 heterocycles. The number of thiophene rings is 1. The predicted molar refractivity (Wildman–Crippen MR) is 102 cm³/mol. The van der Waals surface area contributed by atoms with Crippen LogP contribution in [0.3, 0.4) is 0 Å². The Morgan fingerprint density at radius 1 is 1.13 bits per heavy atom. The summed E-state index contributed by atoms with van der Waals surface area (Å²) in [5.41, 5.74) is 3.40. The predicted octanol–water partition coefficient (Wildman–Crippen LogP) is 4.86. The van der Waals surface area contributed by atoms with Crippen molar-refractivity contribution in [1.29, 1.82) is 0 Å². The Bertz CT molecular complexity index is 853. The maximum absolute atomic E-state index is 11.7. The number of aromatic nitrogens is 1. The lowest BCUT2D eigenvalue weighted by molar-refractivity contribution is 0.862. The van der Waals surface area contributed by atoms with Crippen molar-refractivity contribution in [3.05, 3.63) is 65.1 Å². The molecule has 0 aliphatic heterocycles. The van der Waals surface area contributed by atoms with Crippen molar-refractivity contribution in [2.45, 2.75) is 6.92 Å². The zero-order valence-electron chi connectivity index (χ0n) is 13.1. The summed E-state index contributed by atoms with van der Waals surface area (Å²) in [5, 5.41) is 1.12. The van der Waals surface area contributed by atoms with Crippen LogP contribution in [0.15, 0.2) is 59.5 Å². The lowest BCUT2D eigenvalue weighted by Crippen LogP contribution is -2.13. The van der Waals surface area contributed by atoms with Crippen molar-refractivity contribution in [3.63, 3.8) is 0 Å². The van der Waals surface area contributed by atoms with Crippen LogP contribution in [0.5, 0.6) is 0 Å². The van der Waals surface area contributed by atoms with Gasteiger partial charge in [0.05, 0.1) is 5.00 Å². The number of rotatable bonds is 5. The second-order valence-corrected chi connectivity index (χ2v) is 7.24. The third kappa shape index (κ3) is 3.51. The Kier molecular flexibility index (Phi) is 4.88. The second-order valence-electron chi connectivity index (χ2n) is 5.12. The summed E-state index contributed by atoms with van der Waals surface area (Å²) in [6, 6.07) is 16.0. The number of nitrogens with zero attached hydrogens (tertiary/aromatic N) is 1. The molecule has 118 valence electrons. The van der Waals surface area contributed by atoms with Gasteiger partial charge in [0.2, 0.25) is 5.56 Å². The molecule has 0 unspecified atom stereocenters. The number of hydrogen-bond donors (Lipinski definition) is 1. The van der Waals surface area contributed by atoms with Crippen LogP contribution >= 0.6 is 23.3 Å². The van der Waals surface area contributed by atoms with E-state index >= 15 is 0 Å². The number of benzene rings is 1.